The molecule has 0 bridgehead atoms. The predicted octanol–water partition coefficient (Wildman–Crippen LogP) is 3.94. The Hall–Kier alpha value is -0.0800. The molecule has 3 fully saturated rings. The van der Waals surface area contributed by atoms with Crippen molar-refractivity contribution < 1.29 is 0 Å². The summed E-state index contributed by atoms with van der Waals surface area (Å²) in [5, 5.41) is 0. The molecule has 1 spiro atoms. The first-order valence-corrected chi connectivity index (χ1v) is 9.17. The zero-order chi connectivity index (χ0) is 14.1. The molecule has 0 unspecified atom stereocenters. The largest absolute Gasteiger partial charge is 0.329 e. The first kappa shape index (κ1) is 14.8. The van der Waals surface area contributed by atoms with Crippen LogP contribution in [0.4, 0.5) is 0 Å². The molecule has 0 heterocycles. The Kier molecular flexibility index (Phi) is 4.42. The lowest BCUT2D eigenvalue weighted by atomic mass is 9.65. The molecular formula is C18H34N2. The van der Waals surface area contributed by atoms with E-state index in [2.05, 4.69) is 11.8 Å². The van der Waals surface area contributed by atoms with Crippen LogP contribution in [0.2, 0.25) is 0 Å². The minimum atomic E-state index is 0.354. The highest BCUT2D eigenvalue weighted by atomic mass is 15.2. The van der Waals surface area contributed by atoms with E-state index in [0.29, 0.717) is 5.54 Å². The van der Waals surface area contributed by atoms with Gasteiger partial charge in [0.25, 0.3) is 0 Å². The van der Waals surface area contributed by atoms with E-state index in [9.17, 15) is 0 Å². The van der Waals surface area contributed by atoms with Crippen molar-refractivity contribution in [3.05, 3.63) is 0 Å². The molecule has 0 saturated heterocycles. The molecule has 0 aromatic heterocycles. The van der Waals surface area contributed by atoms with Crippen molar-refractivity contribution in [2.24, 2.45) is 17.1 Å². The summed E-state index contributed by atoms with van der Waals surface area (Å²) in [6.45, 7) is 5.81. The second-order valence-electron chi connectivity index (χ2n) is 8.02. The first-order chi connectivity index (χ1) is 9.72. The van der Waals surface area contributed by atoms with Crippen molar-refractivity contribution in [2.45, 2.75) is 83.1 Å². The van der Waals surface area contributed by atoms with Crippen molar-refractivity contribution in [1.29, 1.82) is 0 Å². The second-order valence-corrected chi connectivity index (χ2v) is 8.02. The van der Waals surface area contributed by atoms with Crippen molar-refractivity contribution in [3.63, 3.8) is 0 Å². The first-order valence-electron chi connectivity index (χ1n) is 9.17. The summed E-state index contributed by atoms with van der Waals surface area (Å²) in [6.07, 6.45) is 15.8. The van der Waals surface area contributed by atoms with Gasteiger partial charge in [-0.15, -0.1) is 0 Å². The Morgan fingerprint density at radius 2 is 1.65 bits per heavy atom. The van der Waals surface area contributed by atoms with E-state index >= 15 is 0 Å². The molecule has 0 amide bonds. The maximum Gasteiger partial charge on any atom is 0.0332 e. The summed E-state index contributed by atoms with van der Waals surface area (Å²) in [5.74, 6) is 0.993. The molecule has 0 aromatic carbocycles. The van der Waals surface area contributed by atoms with Crippen molar-refractivity contribution in [2.75, 3.05) is 19.6 Å². The van der Waals surface area contributed by atoms with Crippen LogP contribution in [0.3, 0.4) is 0 Å². The Labute approximate surface area is 125 Å². The molecule has 3 aliphatic carbocycles. The van der Waals surface area contributed by atoms with Crippen LogP contribution in [0.25, 0.3) is 0 Å². The smallest absolute Gasteiger partial charge is 0.0332 e. The van der Waals surface area contributed by atoms with E-state index < -0.39 is 0 Å². The van der Waals surface area contributed by atoms with Crippen molar-refractivity contribution in [1.82, 2.24) is 4.90 Å². The van der Waals surface area contributed by atoms with Gasteiger partial charge in [0, 0.05) is 18.6 Å². The van der Waals surface area contributed by atoms with Crippen LogP contribution in [-0.4, -0.2) is 30.1 Å². The highest BCUT2D eigenvalue weighted by Crippen LogP contribution is 2.52. The van der Waals surface area contributed by atoms with Crippen LogP contribution in [0.5, 0.6) is 0 Å². The topological polar surface area (TPSA) is 29.3 Å². The van der Waals surface area contributed by atoms with Gasteiger partial charge >= 0.3 is 0 Å². The Bertz CT molecular complexity index is 305. The molecule has 0 radical (unpaired) electrons. The fraction of sp³-hybridized carbons (Fsp3) is 1.00. The lowest BCUT2D eigenvalue weighted by Gasteiger charge is -2.51. The zero-order valence-electron chi connectivity index (χ0n) is 13.5. The maximum absolute atomic E-state index is 6.31. The van der Waals surface area contributed by atoms with E-state index in [1.54, 1.807) is 0 Å². The van der Waals surface area contributed by atoms with Gasteiger partial charge in [-0.1, -0.05) is 19.8 Å². The number of hydrogen-bond acceptors (Lipinski definition) is 2. The summed E-state index contributed by atoms with van der Waals surface area (Å²) in [5.41, 5.74) is 7.40. The van der Waals surface area contributed by atoms with Crippen LogP contribution in [0.15, 0.2) is 0 Å². The van der Waals surface area contributed by atoms with Gasteiger partial charge in [0.1, 0.15) is 0 Å². The number of nitrogens with two attached hydrogens (primary N) is 1. The Morgan fingerprint density at radius 1 is 1.00 bits per heavy atom. The van der Waals surface area contributed by atoms with E-state index in [1.807, 2.05) is 0 Å². The predicted molar refractivity (Wildman–Crippen MR) is 85.7 cm³/mol. The van der Waals surface area contributed by atoms with Crippen LogP contribution < -0.4 is 5.73 Å². The second kappa shape index (κ2) is 5.96. The third-order valence-corrected chi connectivity index (χ3v) is 6.63. The van der Waals surface area contributed by atoms with Crippen LogP contribution in [0.1, 0.15) is 77.6 Å². The molecule has 20 heavy (non-hydrogen) atoms. The van der Waals surface area contributed by atoms with Gasteiger partial charge in [0.15, 0.2) is 0 Å². The van der Waals surface area contributed by atoms with Crippen LogP contribution in [-0.2, 0) is 0 Å². The Morgan fingerprint density at radius 3 is 2.15 bits per heavy atom. The minimum absolute atomic E-state index is 0.354. The average molecular weight is 278 g/mol. The van der Waals surface area contributed by atoms with E-state index in [4.69, 9.17) is 5.73 Å². The quantitative estimate of drug-likeness (QED) is 0.797. The van der Waals surface area contributed by atoms with Crippen molar-refractivity contribution >= 4 is 0 Å². The van der Waals surface area contributed by atoms with Gasteiger partial charge in [-0.3, -0.25) is 4.90 Å². The SMILES string of the molecule is CCCN(CC1CC1)C1(CN)CCC2(CCCC2)CC1. The van der Waals surface area contributed by atoms with Crippen LogP contribution >= 0.6 is 0 Å². The lowest BCUT2D eigenvalue weighted by molar-refractivity contribution is 0.0107. The fourth-order valence-corrected chi connectivity index (χ4v) is 4.92. The molecule has 2 heteroatoms. The highest BCUT2D eigenvalue weighted by molar-refractivity contribution is 5.02. The van der Waals surface area contributed by atoms with E-state index in [1.165, 1.54) is 83.7 Å². The van der Waals surface area contributed by atoms with Gasteiger partial charge in [0.05, 0.1) is 0 Å². The molecule has 0 aromatic rings. The third-order valence-electron chi connectivity index (χ3n) is 6.63. The zero-order valence-corrected chi connectivity index (χ0v) is 13.5. The molecule has 0 aliphatic heterocycles. The molecule has 2 nitrogen and oxygen atoms in total. The summed E-state index contributed by atoms with van der Waals surface area (Å²) in [7, 11) is 0. The number of hydrogen-bond donors (Lipinski definition) is 1. The normalized spacial score (nSPS) is 28.4. The van der Waals surface area contributed by atoms with Crippen LogP contribution in [0, 0.1) is 11.3 Å². The molecule has 3 aliphatic rings. The van der Waals surface area contributed by atoms with E-state index in [-0.39, 0.29) is 0 Å². The standard InChI is InChI=1S/C18H34N2/c1-2-13-20(14-16-5-6-16)18(15-19)11-9-17(10-12-18)7-3-4-8-17/h16H,2-15,19H2,1H3. The summed E-state index contributed by atoms with van der Waals surface area (Å²) in [6, 6.07) is 0. The molecule has 2 N–H and O–H groups in total. The van der Waals surface area contributed by atoms with Gasteiger partial charge in [-0.25, -0.2) is 0 Å². The highest BCUT2D eigenvalue weighted by Gasteiger charge is 2.46. The molecule has 0 atom stereocenters. The number of rotatable bonds is 6. The van der Waals surface area contributed by atoms with Crippen molar-refractivity contribution in [3.8, 4) is 0 Å². The molecule has 3 rings (SSSR count). The molecule has 3 saturated carbocycles. The average Bonchev–Trinajstić information content (AvgIpc) is 3.18. The van der Waals surface area contributed by atoms with Gasteiger partial charge in [-0.05, 0) is 75.7 Å². The monoisotopic (exact) mass is 278 g/mol. The summed E-state index contributed by atoms with van der Waals surface area (Å²) < 4.78 is 0. The van der Waals surface area contributed by atoms with Gasteiger partial charge < -0.3 is 5.73 Å². The Balaban J connectivity index is 1.66. The van der Waals surface area contributed by atoms with Gasteiger partial charge in [0.2, 0.25) is 0 Å². The van der Waals surface area contributed by atoms with E-state index in [0.717, 1.165) is 17.9 Å². The summed E-state index contributed by atoms with van der Waals surface area (Å²) in [4.78, 5) is 2.81. The third kappa shape index (κ3) is 2.92. The van der Waals surface area contributed by atoms with Gasteiger partial charge in [-0.2, -0.15) is 0 Å². The minimum Gasteiger partial charge on any atom is -0.329 e. The molecule has 116 valence electrons. The lowest BCUT2D eigenvalue weighted by Crippen LogP contribution is -2.57. The fourth-order valence-electron chi connectivity index (χ4n) is 4.92. The summed E-state index contributed by atoms with van der Waals surface area (Å²) >= 11 is 0. The maximum atomic E-state index is 6.31. The molecular weight excluding hydrogens is 244 g/mol. The number of nitrogens with zero attached hydrogens (tertiary/aromatic N) is 1.